The molecule has 1 N–H and O–H groups in total. The molecule has 24 heavy (non-hydrogen) atoms. The molecule has 0 aliphatic rings. The average Bonchev–Trinajstić information content (AvgIpc) is 3.11. The molecule has 0 saturated carbocycles. The van der Waals surface area contributed by atoms with Crippen molar-refractivity contribution < 1.29 is 9.53 Å². The summed E-state index contributed by atoms with van der Waals surface area (Å²) in [6, 6.07) is 13.1. The Morgan fingerprint density at radius 1 is 1.17 bits per heavy atom. The molecule has 0 spiro atoms. The van der Waals surface area contributed by atoms with Gasteiger partial charge in [0.05, 0.1) is 5.69 Å². The van der Waals surface area contributed by atoms with E-state index in [-0.39, 0.29) is 12.5 Å². The molecule has 1 amide bonds. The summed E-state index contributed by atoms with van der Waals surface area (Å²) in [7, 11) is 0. The van der Waals surface area contributed by atoms with Crippen LogP contribution in [-0.4, -0.2) is 32.7 Å². The highest BCUT2D eigenvalue weighted by atomic mass is 16.5. The second kappa shape index (κ2) is 6.91. The molecule has 7 heteroatoms. The highest BCUT2D eigenvalue weighted by Crippen LogP contribution is 2.17. The van der Waals surface area contributed by atoms with Gasteiger partial charge < -0.3 is 10.1 Å². The van der Waals surface area contributed by atoms with Crippen LogP contribution < -0.4 is 10.1 Å². The van der Waals surface area contributed by atoms with Crippen molar-refractivity contribution in [3.05, 3.63) is 59.9 Å². The number of carbonyl (C=O) groups is 1. The smallest absolute Gasteiger partial charge is 0.262 e. The highest BCUT2D eigenvalue weighted by molar-refractivity contribution is 5.92. The van der Waals surface area contributed by atoms with Crippen LogP contribution in [0, 0.1) is 13.8 Å². The number of tetrazole rings is 1. The molecule has 0 unspecified atom stereocenters. The number of hydrogen-bond donors (Lipinski definition) is 1. The first kappa shape index (κ1) is 15.7. The lowest BCUT2D eigenvalue weighted by atomic mass is 10.1. The maximum absolute atomic E-state index is 12.0. The predicted octanol–water partition coefficient (Wildman–Crippen LogP) is 2.30. The molecule has 0 aliphatic heterocycles. The first-order valence-corrected chi connectivity index (χ1v) is 7.45. The molecule has 2 aromatic carbocycles. The summed E-state index contributed by atoms with van der Waals surface area (Å²) in [6.07, 6.45) is 1.51. The summed E-state index contributed by atoms with van der Waals surface area (Å²) in [5.41, 5.74) is 3.72. The molecule has 0 bridgehead atoms. The van der Waals surface area contributed by atoms with Crippen LogP contribution in [0.25, 0.3) is 5.69 Å². The first-order valence-electron chi connectivity index (χ1n) is 7.45. The van der Waals surface area contributed by atoms with Gasteiger partial charge in [0.25, 0.3) is 5.91 Å². The number of rotatable bonds is 5. The largest absolute Gasteiger partial charge is 0.484 e. The minimum atomic E-state index is -0.201. The minimum absolute atomic E-state index is 0.0579. The highest BCUT2D eigenvalue weighted by Gasteiger charge is 2.06. The third kappa shape index (κ3) is 3.75. The molecular formula is C17H17N5O2. The molecule has 0 aliphatic carbocycles. The topological polar surface area (TPSA) is 81.9 Å². The van der Waals surface area contributed by atoms with Crippen LogP contribution >= 0.6 is 0 Å². The molecule has 3 aromatic rings. The van der Waals surface area contributed by atoms with Crippen LogP contribution in [0.4, 0.5) is 5.69 Å². The molecule has 0 saturated heterocycles. The molecular weight excluding hydrogens is 306 g/mol. The number of nitrogens with zero attached hydrogens (tertiary/aromatic N) is 4. The Labute approximate surface area is 139 Å². The number of hydrogen-bond acceptors (Lipinski definition) is 5. The summed E-state index contributed by atoms with van der Waals surface area (Å²) in [5.74, 6) is 0.399. The van der Waals surface area contributed by atoms with Gasteiger partial charge in [-0.2, -0.15) is 0 Å². The quantitative estimate of drug-likeness (QED) is 0.779. The van der Waals surface area contributed by atoms with Crippen LogP contribution in [0.15, 0.2) is 48.8 Å². The second-order valence-corrected chi connectivity index (χ2v) is 5.40. The number of benzene rings is 2. The van der Waals surface area contributed by atoms with Crippen molar-refractivity contribution >= 4 is 11.6 Å². The van der Waals surface area contributed by atoms with E-state index in [1.807, 2.05) is 44.2 Å². The summed E-state index contributed by atoms with van der Waals surface area (Å²) < 4.78 is 7.05. The maximum atomic E-state index is 12.0. The Morgan fingerprint density at radius 3 is 2.67 bits per heavy atom. The summed E-state index contributed by atoms with van der Waals surface area (Å²) >= 11 is 0. The Bertz CT molecular complexity index is 829. The molecule has 0 fully saturated rings. The van der Waals surface area contributed by atoms with E-state index < -0.39 is 0 Å². The first-order chi connectivity index (χ1) is 11.6. The minimum Gasteiger partial charge on any atom is -0.484 e. The number of carbonyl (C=O) groups excluding carboxylic acids is 1. The molecule has 122 valence electrons. The average molecular weight is 323 g/mol. The molecule has 7 nitrogen and oxygen atoms in total. The second-order valence-electron chi connectivity index (χ2n) is 5.40. The van der Waals surface area contributed by atoms with Crippen LogP contribution in [-0.2, 0) is 4.79 Å². The van der Waals surface area contributed by atoms with Gasteiger partial charge in [0, 0.05) is 5.69 Å². The SMILES string of the molecule is Cc1ccc(C)c(NC(=O)COc2ccc(-n3cnnn3)cc2)c1. The van der Waals surface area contributed by atoms with E-state index in [1.165, 1.54) is 11.0 Å². The predicted molar refractivity (Wildman–Crippen MR) is 89.2 cm³/mol. The van der Waals surface area contributed by atoms with Gasteiger partial charge in [0.2, 0.25) is 0 Å². The normalized spacial score (nSPS) is 10.4. The van der Waals surface area contributed by atoms with E-state index in [0.717, 1.165) is 22.5 Å². The zero-order valence-corrected chi connectivity index (χ0v) is 13.4. The lowest BCUT2D eigenvalue weighted by Gasteiger charge is -2.10. The van der Waals surface area contributed by atoms with E-state index in [1.54, 1.807) is 12.1 Å². The summed E-state index contributed by atoms with van der Waals surface area (Å²) in [6.45, 7) is 3.88. The maximum Gasteiger partial charge on any atom is 0.262 e. The van der Waals surface area contributed by atoms with Crippen molar-refractivity contribution in [2.45, 2.75) is 13.8 Å². The van der Waals surface area contributed by atoms with Crippen molar-refractivity contribution in [3.8, 4) is 11.4 Å². The number of anilines is 1. The van der Waals surface area contributed by atoms with E-state index >= 15 is 0 Å². The van der Waals surface area contributed by atoms with Crippen LogP contribution in [0.1, 0.15) is 11.1 Å². The van der Waals surface area contributed by atoms with Gasteiger partial charge in [-0.25, -0.2) is 4.68 Å². The Hall–Kier alpha value is -3.22. The van der Waals surface area contributed by atoms with Crippen molar-refractivity contribution in [2.75, 3.05) is 11.9 Å². The summed E-state index contributed by atoms with van der Waals surface area (Å²) in [5, 5.41) is 13.8. The van der Waals surface area contributed by atoms with Gasteiger partial charge in [-0.05, 0) is 65.7 Å². The lowest BCUT2D eigenvalue weighted by Crippen LogP contribution is -2.20. The third-order valence-corrected chi connectivity index (χ3v) is 3.49. The fourth-order valence-corrected chi connectivity index (χ4v) is 2.18. The van der Waals surface area contributed by atoms with Gasteiger partial charge >= 0.3 is 0 Å². The van der Waals surface area contributed by atoms with Crippen molar-refractivity contribution in [1.29, 1.82) is 0 Å². The zero-order valence-electron chi connectivity index (χ0n) is 13.4. The number of nitrogens with one attached hydrogen (secondary N) is 1. The van der Waals surface area contributed by atoms with Crippen molar-refractivity contribution in [1.82, 2.24) is 20.2 Å². The van der Waals surface area contributed by atoms with E-state index in [9.17, 15) is 4.79 Å². The van der Waals surface area contributed by atoms with E-state index in [0.29, 0.717) is 5.75 Å². The van der Waals surface area contributed by atoms with Gasteiger partial charge in [0.15, 0.2) is 6.61 Å². The van der Waals surface area contributed by atoms with E-state index in [4.69, 9.17) is 4.74 Å². The number of aryl methyl sites for hydroxylation is 2. The molecule has 3 rings (SSSR count). The van der Waals surface area contributed by atoms with Crippen LogP contribution in [0.5, 0.6) is 5.75 Å². The third-order valence-electron chi connectivity index (χ3n) is 3.49. The fourth-order valence-electron chi connectivity index (χ4n) is 2.18. The fraction of sp³-hybridized carbons (Fsp3) is 0.176. The summed E-state index contributed by atoms with van der Waals surface area (Å²) in [4.78, 5) is 12.0. The molecule has 1 aromatic heterocycles. The van der Waals surface area contributed by atoms with Crippen molar-refractivity contribution in [2.24, 2.45) is 0 Å². The lowest BCUT2D eigenvalue weighted by molar-refractivity contribution is -0.118. The molecule has 0 atom stereocenters. The Kier molecular flexibility index (Phi) is 4.51. The number of aromatic nitrogens is 4. The Balaban J connectivity index is 1.57. The molecule has 0 radical (unpaired) electrons. The van der Waals surface area contributed by atoms with Gasteiger partial charge in [-0.3, -0.25) is 4.79 Å². The number of amides is 1. The monoisotopic (exact) mass is 323 g/mol. The van der Waals surface area contributed by atoms with Gasteiger partial charge in [-0.15, -0.1) is 5.10 Å². The van der Waals surface area contributed by atoms with Gasteiger partial charge in [0.1, 0.15) is 12.1 Å². The van der Waals surface area contributed by atoms with Crippen LogP contribution in [0.2, 0.25) is 0 Å². The van der Waals surface area contributed by atoms with Gasteiger partial charge in [-0.1, -0.05) is 12.1 Å². The zero-order chi connectivity index (χ0) is 16.9. The molecule has 1 heterocycles. The van der Waals surface area contributed by atoms with Crippen LogP contribution in [0.3, 0.4) is 0 Å². The van der Waals surface area contributed by atoms with Crippen molar-refractivity contribution in [3.63, 3.8) is 0 Å². The number of ether oxygens (including phenoxy) is 1. The Morgan fingerprint density at radius 2 is 1.96 bits per heavy atom. The standard InChI is InChI=1S/C17H17N5O2/c1-12-3-4-13(2)16(9-12)19-17(23)10-24-15-7-5-14(6-8-15)22-11-18-20-21-22/h3-9,11H,10H2,1-2H3,(H,19,23). The van der Waals surface area contributed by atoms with E-state index in [2.05, 4.69) is 20.8 Å².